The van der Waals surface area contributed by atoms with E-state index in [1.54, 1.807) is 23.1 Å². The molecule has 39 heavy (non-hydrogen) atoms. The highest BCUT2D eigenvalue weighted by molar-refractivity contribution is 5.94. The van der Waals surface area contributed by atoms with E-state index >= 15 is 0 Å². The summed E-state index contributed by atoms with van der Waals surface area (Å²) in [6.45, 7) is 3.11. The van der Waals surface area contributed by atoms with Gasteiger partial charge in [0.15, 0.2) is 0 Å². The lowest BCUT2D eigenvalue weighted by Gasteiger charge is -2.39. The molecule has 2 N–H and O–H groups in total. The van der Waals surface area contributed by atoms with Gasteiger partial charge in [0.25, 0.3) is 5.91 Å². The number of fused-ring (bicyclic) bond motifs is 3. The van der Waals surface area contributed by atoms with Gasteiger partial charge in [-0.05, 0) is 90.9 Å². The Hall–Kier alpha value is -3.65. The van der Waals surface area contributed by atoms with Crippen molar-refractivity contribution < 1.29 is 19.1 Å². The maximum absolute atomic E-state index is 13.5. The summed E-state index contributed by atoms with van der Waals surface area (Å²) in [4.78, 5) is 32.3. The van der Waals surface area contributed by atoms with Crippen molar-refractivity contribution in [2.24, 2.45) is 0 Å². The molecule has 3 aliphatic heterocycles. The van der Waals surface area contributed by atoms with E-state index in [1.807, 2.05) is 17.0 Å². The summed E-state index contributed by atoms with van der Waals surface area (Å²) in [6.07, 6.45) is 4.92. The number of carbonyl (C=O) groups excluding carboxylic acids is 2. The maximum Gasteiger partial charge on any atom is 0.317 e. The van der Waals surface area contributed by atoms with Crippen LogP contribution in [0.4, 0.5) is 9.18 Å². The zero-order valence-electron chi connectivity index (χ0n) is 22.1. The molecule has 6 rings (SSSR count). The van der Waals surface area contributed by atoms with Crippen molar-refractivity contribution in [3.8, 4) is 5.75 Å². The van der Waals surface area contributed by atoms with E-state index in [4.69, 9.17) is 0 Å². The molecule has 7 nitrogen and oxygen atoms in total. The first-order valence-corrected chi connectivity index (χ1v) is 14.0. The molecule has 3 amide bonds. The fourth-order valence-corrected chi connectivity index (χ4v) is 6.60. The van der Waals surface area contributed by atoms with E-state index in [9.17, 15) is 19.1 Å². The molecule has 0 aliphatic carbocycles. The zero-order valence-corrected chi connectivity index (χ0v) is 22.1. The standard InChI is InChI=1S/C31H35FN4O3/c32-25-7-4-23-16-21(2-3-24(23)17-25)20-36-27-8-9-28(36)19-26(18-27)33-31(39)35-13-1-12-34(14-15-35)30(38)22-5-10-29(37)11-6-22/h2-7,10-11,16-17,26-28,37H,1,8-9,12-15,18-20H2,(H,33,39)/t26?,27-,28+. The molecular weight excluding hydrogens is 495 g/mol. The lowest BCUT2D eigenvalue weighted by molar-refractivity contribution is 0.0761. The van der Waals surface area contributed by atoms with E-state index < -0.39 is 0 Å². The van der Waals surface area contributed by atoms with E-state index in [0.717, 1.165) is 49.4 Å². The molecule has 3 saturated heterocycles. The van der Waals surface area contributed by atoms with Crippen LogP contribution in [0.5, 0.6) is 5.75 Å². The summed E-state index contributed by atoms with van der Waals surface area (Å²) in [5.74, 6) is -0.145. The molecular formula is C31H35FN4O3. The lowest BCUT2D eigenvalue weighted by atomic mass is 9.96. The normalized spacial score (nSPS) is 23.6. The van der Waals surface area contributed by atoms with Gasteiger partial charge in [-0.25, -0.2) is 9.18 Å². The van der Waals surface area contributed by atoms with Crippen molar-refractivity contribution in [1.29, 1.82) is 0 Å². The Kier molecular flexibility index (Phi) is 7.12. The van der Waals surface area contributed by atoms with Gasteiger partial charge in [0, 0.05) is 56.4 Å². The predicted molar refractivity (Wildman–Crippen MR) is 148 cm³/mol. The number of urea groups is 1. The van der Waals surface area contributed by atoms with E-state index in [1.165, 1.54) is 23.8 Å². The van der Waals surface area contributed by atoms with Crippen LogP contribution in [0.2, 0.25) is 0 Å². The molecule has 3 aliphatic rings. The van der Waals surface area contributed by atoms with Crippen LogP contribution in [-0.4, -0.2) is 76.0 Å². The minimum absolute atomic E-state index is 0.0338. The van der Waals surface area contributed by atoms with Crippen molar-refractivity contribution in [2.75, 3.05) is 26.2 Å². The molecule has 3 fully saturated rings. The number of nitrogens with one attached hydrogen (secondary N) is 1. The zero-order chi connectivity index (χ0) is 26.9. The molecule has 3 aromatic carbocycles. The second kappa shape index (κ2) is 10.8. The maximum atomic E-state index is 13.5. The number of phenols is 1. The van der Waals surface area contributed by atoms with Crippen LogP contribution in [0.3, 0.4) is 0 Å². The summed E-state index contributed by atoms with van der Waals surface area (Å²) in [6, 6.07) is 18.5. The third kappa shape index (κ3) is 5.57. The Morgan fingerprint density at radius 1 is 0.846 bits per heavy atom. The third-order valence-electron chi connectivity index (χ3n) is 8.63. The number of carbonyl (C=O) groups is 2. The number of benzene rings is 3. The SMILES string of the molecule is O=C(NC1C[C@H]2CC[C@@H](C1)N2Cc1ccc2cc(F)ccc2c1)N1CCCN(C(=O)c2ccc(O)cc2)CC1. The molecule has 3 atom stereocenters. The fraction of sp³-hybridized carbons (Fsp3) is 0.419. The van der Waals surface area contributed by atoms with Crippen LogP contribution in [0, 0.1) is 5.82 Å². The Balaban J connectivity index is 1.02. The van der Waals surface area contributed by atoms with Crippen LogP contribution in [0.15, 0.2) is 60.7 Å². The van der Waals surface area contributed by atoms with Crippen molar-refractivity contribution >= 4 is 22.7 Å². The minimum atomic E-state index is -0.211. The average Bonchev–Trinajstić information content (AvgIpc) is 3.11. The highest BCUT2D eigenvalue weighted by Gasteiger charge is 2.41. The van der Waals surface area contributed by atoms with Gasteiger partial charge in [-0.2, -0.15) is 0 Å². The largest absolute Gasteiger partial charge is 0.508 e. The lowest BCUT2D eigenvalue weighted by Crippen LogP contribution is -2.53. The van der Waals surface area contributed by atoms with Gasteiger partial charge >= 0.3 is 6.03 Å². The smallest absolute Gasteiger partial charge is 0.317 e. The molecule has 3 aromatic rings. The van der Waals surface area contributed by atoms with Crippen LogP contribution < -0.4 is 5.32 Å². The number of nitrogens with zero attached hydrogens (tertiary/aromatic N) is 3. The molecule has 1 unspecified atom stereocenters. The van der Waals surface area contributed by atoms with Crippen molar-refractivity contribution in [1.82, 2.24) is 20.0 Å². The summed E-state index contributed by atoms with van der Waals surface area (Å²) in [5, 5.41) is 14.8. The minimum Gasteiger partial charge on any atom is -0.508 e. The Bertz CT molecular complexity index is 1350. The monoisotopic (exact) mass is 530 g/mol. The van der Waals surface area contributed by atoms with Gasteiger partial charge in [-0.15, -0.1) is 0 Å². The number of halogens is 1. The number of amides is 3. The van der Waals surface area contributed by atoms with Gasteiger partial charge in [-0.3, -0.25) is 9.69 Å². The molecule has 204 valence electrons. The molecule has 0 spiro atoms. The van der Waals surface area contributed by atoms with Crippen molar-refractivity contribution in [3.05, 3.63) is 77.6 Å². The van der Waals surface area contributed by atoms with Crippen LogP contribution >= 0.6 is 0 Å². The highest BCUT2D eigenvalue weighted by Crippen LogP contribution is 2.37. The molecule has 0 aromatic heterocycles. The van der Waals surface area contributed by atoms with Crippen LogP contribution in [0.25, 0.3) is 10.8 Å². The number of aromatic hydroxyl groups is 1. The second-order valence-electron chi connectivity index (χ2n) is 11.2. The summed E-state index contributed by atoms with van der Waals surface area (Å²) in [7, 11) is 0. The number of rotatable bonds is 4. The quantitative estimate of drug-likeness (QED) is 0.511. The summed E-state index contributed by atoms with van der Waals surface area (Å²) < 4.78 is 13.5. The third-order valence-corrected chi connectivity index (χ3v) is 8.63. The molecule has 2 bridgehead atoms. The topological polar surface area (TPSA) is 76.1 Å². The molecule has 3 heterocycles. The number of hydrogen-bond acceptors (Lipinski definition) is 4. The Labute approximate surface area is 228 Å². The fourth-order valence-electron chi connectivity index (χ4n) is 6.60. The van der Waals surface area contributed by atoms with Gasteiger partial charge < -0.3 is 20.2 Å². The predicted octanol–water partition coefficient (Wildman–Crippen LogP) is 4.74. The first kappa shape index (κ1) is 25.6. The number of phenolic OH excluding ortho intramolecular Hbond substituents is 1. The Morgan fingerprint density at radius 2 is 1.51 bits per heavy atom. The van der Waals surface area contributed by atoms with Gasteiger partial charge in [0.1, 0.15) is 11.6 Å². The van der Waals surface area contributed by atoms with Crippen molar-refractivity contribution in [3.63, 3.8) is 0 Å². The van der Waals surface area contributed by atoms with Crippen LogP contribution in [0.1, 0.15) is 48.0 Å². The Morgan fingerprint density at radius 3 is 2.28 bits per heavy atom. The van der Waals surface area contributed by atoms with E-state index in [0.29, 0.717) is 43.8 Å². The molecule has 0 radical (unpaired) electrons. The summed E-state index contributed by atoms with van der Waals surface area (Å²) >= 11 is 0. The van der Waals surface area contributed by atoms with Gasteiger partial charge in [0.2, 0.25) is 0 Å². The highest BCUT2D eigenvalue weighted by atomic mass is 19.1. The first-order valence-electron chi connectivity index (χ1n) is 14.0. The van der Waals surface area contributed by atoms with E-state index in [-0.39, 0.29) is 29.5 Å². The first-order chi connectivity index (χ1) is 18.9. The van der Waals surface area contributed by atoms with E-state index in [2.05, 4.69) is 22.3 Å². The average molecular weight is 531 g/mol. The number of piperidine rings is 1. The van der Waals surface area contributed by atoms with Gasteiger partial charge in [0.05, 0.1) is 0 Å². The summed E-state index contributed by atoms with van der Waals surface area (Å²) in [5.41, 5.74) is 1.79. The molecule has 8 heteroatoms. The van der Waals surface area contributed by atoms with Crippen molar-refractivity contribution in [2.45, 2.75) is 56.8 Å². The van der Waals surface area contributed by atoms with Crippen LogP contribution in [-0.2, 0) is 6.54 Å². The van der Waals surface area contributed by atoms with Gasteiger partial charge in [-0.1, -0.05) is 18.2 Å². The molecule has 0 saturated carbocycles. The second-order valence-corrected chi connectivity index (χ2v) is 11.2. The number of hydrogen-bond donors (Lipinski definition) is 2.